The number of hydrogen-bond acceptors (Lipinski definition) is 1. The molecule has 2 heteroatoms. The zero-order chi connectivity index (χ0) is 11.2. The fourth-order valence-corrected chi connectivity index (χ4v) is 3.23. The summed E-state index contributed by atoms with van der Waals surface area (Å²) in [6.07, 6.45) is 2.65. The smallest absolute Gasteiger partial charge is 0.138 e. The molecule has 1 aliphatic carbocycles. The van der Waals surface area contributed by atoms with Crippen LogP contribution in [0.15, 0.2) is 24.7 Å². The first-order valence-electron chi connectivity index (χ1n) is 5.75. The molecule has 1 aliphatic heterocycles. The molecule has 2 rings (SSSR count). The zero-order valence-corrected chi connectivity index (χ0v) is 9.72. The van der Waals surface area contributed by atoms with Crippen molar-refractivity contribution in [3.05, 3.63) is 24.7 Å². The van der Waals surface area contributed by atoms with E-state index < -0.39 is 0 Å². The van der Waals surface area contributed by atoms with Gasteiger partial charge in [-0.3, -0.25) is 0 Å². The van der Waals surface area contributed by atoms with Crippen LogP contribution in [0.1, 0.15) is 26.7 Å². The summed E-state index contributed by atoms with van der Waals surface area (Å²) in [6, 6.07) is 0. The number of rotatable bonds is 3. The van der Waals surface area contributed by atoms with E-state index in [4.69, 9.17) is 0 Å². The van der Waals surface area contributed by atoms with Gasteiger partial charge in [0, 0.05) is 18.5 Å². The van der Waals surface area contributed by atoms with Gasteiger partial charge in [-0.05, 0) is 24.7 Å². The second-order valence-corrected chi connectivity index (χ2v) is 5.46. The molecule has 1 heterocycles. The van der Waals surface area contributed by atoms with Crippen LogP contribution in [0.5, 0.6) is 0 Å². The third-order valence-corrected chi connectivity index (χ3v) is 4.25. The van der Waals surface area contributed by atoms with Gasteiger partial charge in [-0.2, -0.15) is 0 Å². The van der Waals surface area contributed by atoms with E-state index in [1.807, 2.05) is 4.90 Å². The third-order valence-electron chi connectivity index (χ3n) is 4.25. The van der Waals surface area contributed by atoms with Crippen molar-refractivity contribution >= 4 is 0 Å². The molecule has 1 spiro atoms. The van der Waals surface area contributed by atoms with Gasteiger partial charge in [-0.15, -0.1) is 0 Å². The van der Waals surface area contributed by atoms with Crippen LogP contribution >= 0.6 is 0 Å². The monoisotopic (exact) mass is 209 g/mol. The maximum absolute atomic E-state index is 12.9. The van der Waals surface area contributed by atoms with Crippen LogP contribution < -0.4 is 0 Å². The number of halogens is 1. The molecule has 0 amide bonds. The van der Waals surface area contributed by atoms with E-state index in [0.29, 0.717) is 11.1 Å². The van der Waals surface area contributed by atoms with Crippen molar-refractivity contribution in [2.24, 2.45) is 17.3 Å². The Kier molecular flexibility index (Phi) is 2.40. The molecule has 1 saturated heterocycles. The molecule has 0 aromatic carbocycles. The summed E-state index contributed by atoms with van der Waals surface area (Å²) in [7, 11) is 0. The second kappa shape index (κ2) is 3.36. The predicted octanol–water partition coefficient (Wildman–Crippen LogP) is 3.35. The summed E-state index contributed by atoms with van der Waals surface area (Å²) in [6.45, 7) is 13.6. The molecule has 1 atom stereocenters. The van der Waals surface area contributed by atoms with Crippen LogP contribution in [-0.2, 0) is 0 Å². The maximum atomic E-state index is 12.9. The molecule has 2 aliphatic rings. The Morgan fingerprint density at radius 2 is 2.00 bits per heavy atom. The number of nitrogens with zero attached hydrogens (tertiary/aromatic N) is 1. The highest BCUT2D eigenvalue weighted by atomic mass is 19.1. The van der Waals surface area contributed by atoms with Crippen molar-refractivity contribution in [1.29, 1.82) is 0 Å². The number of hydrogen-bond donors (Lipinski definition) is 0. The van der Waals surface area contributed by atoms with Crippen molar-refractivity contribution in [3.8, 4) is 0 Å². The summed E-state index contributed by atoms with van der Waals surface area (Å²) in [5.74, 6) is 1.20. The van der Waals surface area contributed by atoms with E-state index in [-0.39, 0.29) is 5.83 Å². The number of likely N-dealkylation sites (tertiary alicyclic amines) is 1. The molecule has 2 fully saturated rings. The minimum absolute atomic E-state index is 0.384. The van der Waals surface area contributed by atoms with Gasteiger partial charge >= 0.3 is 0 Å². The topological polar surface area (TPSA) is 3.24 Å². The van der Waals surface area contributed by atoms with Crippen molar-refractivity contribution in [1.82, 2.24) is 4.90 Å². The van der Waals surface area contributed by atoms with Crippen molar-refractivity contribution < 1.29 is 4.39 Å². The van der Waals surface area contributed by atoms with Crippen LogP contribution in [-0.4, -0.2) is 18.0 Å². The van der Waals surface area contributed by atoms with Gasteiger partial charge in [0.25, 0.3) is 0 Å². The highest BCUT2D eigenvalue weighted by molar-refractivity contribution is 5.23. The van der Waals surface area contributed by atoms with E-state index in [2.05, 4.69) is 27.0 Å². The molecule has 1 nitrogen and oxygen atoms in total. The van der Waals surface area contributed by atoms with Gasteiger partial charge in [-0.1, -0.05) is 27.0 Å². The average molecular weight is 209 g/mol. The van der Waals surface area contributed by atoms with Crippen molar-refractivity contribution in [2.75, 3.05) is 13.1 Å². The van der Waals surface area contributed by atoms with Crippen LogP contribution in [0.4, 0.5) is 4.39 Å². The second-order valence-electron chi connectivity index (χ2n) is 5.46. The Balaban J connectivity index is 1.93. The van der Waals surface area contributed by atoms with Gasteiger partial charge in [0.15, 0.2) is 0 Å². The van der Waals surface area contributed by atoms with Crippen LogP contribution in [0.2, 0.25) is 0 Å². The molecule has 0 aromatic heterocycles. The van der Waals surface area contributed by atoms with Crippen molar-refractivity contribution in [2.45, 2.75) is 26.7 Å². The van der Waals surface area contributed by atoms with Gasteiger partial charge in [0.1, 0.15) is 5.83 Å². The van der Waals surface area contributed by atoms with E-state index in [9.17, 15) is 4.39 Å². The van der Waals surface area contributed by atoms with E-state index in [1.165, 1.54) is 12.8 Å². The fraction of sp³-hybridized carbons (Fsp3) is 0.692. The Bertz CT molecular complexity index is 300. The lowest BCUT2D eigenvalue weighted by Gasteiger charge is -2.63. The quantitative estimate of drug-likeness (QED) is 0.644. The molecule has 15 heavy (non-hydrogen) atoms. The standard InChI is InChI=1S/C13H20FN/c1-9(2)12-5-6-13(12)7-15(8-13)11(4)10(3)14/h9,12H,3-8H2,1-2H3. The first-order chi connectivity index (χ1) is 6.96. The average Bonchev–Trinajstić information content (AvgIpc) is 1.97. The lowest BCUT2D eigenvalue weighted by Crippen LogP contribution is -2.64. The predicted molar refractivity (Wildman–Crippen MR) is 61.0 cm³/mol. The zero-order valence-electron chi connectivity index (χ0n) is 9.72. The first kappa shape index (κ1) is 10.7. The highest BCUT2D eigenvalue weighted by Gasteiger charge is 2.55. The molecule has 0 bridgehead atoms. The molecular weight excluding hydrogens is 189 g/mol. The summed E-state index contributed by atoms with van der Waals surface area (Å²) in [5, 5.41) is 0. The highest BCUT2D eigenvalue weighted by Crippen LogP contribution is 2.56. The summed E-state index contributed by atoms with van der Waals surface area (Å²) >= 11 is 0. The SMILES string of the molecule is C=C(F)C(=C)N1CC2(CCC2C(C)C)C1. The normalized spacial score (nSPS) is 27.5. The van der Waals surface area contributed by atoms with Gasteiger partial charge in [-0.25, -0.2) is 4.39 Å². The third kappa shape index (κ3) is 1.51. The Hall–Kier alpha value is -0.790. The van der Waals surface area contributed by atoms with E-state index >= 15 is 0 Å². The Labute approximate surface area is 91.7 Å². The molecule has 1 saturated carbocycles. The molecule has 1 unspecified atom stereocenters. The van der Waals surface area contributed by atoms with Crippen LogP contribution in [0.3, 0.4) is 0 Å². The largest absolute Gasteiger partial charge is 0.368 e. The minimum atomic E-state index is -0.384. The van der Waals surface area contributed by atoms with Crippen molar-refractivity contribution in [3.63, 3.8) is 0 Å². The molecule has 0 radical (unpaired) electrons. The van der Waals surface area contributed by atoms with Crippen LogP contribution in [0, 0.1) is 17.3 Å². The van der Waals surface area contributed by atoms with E-state index in [0.717, 1.165) is 24.9 Å². The number of allylic oxidation sites excluding steroid dienone is 1. The fourth-order valence-electron chi connectivity index (χ4n) is 3.23. The molecular formula is C13H20FN. The minimum Gasteiger partial charge on any atom is -0.368 e. The Morgan fingerprint density at radius 3 is 2.33 bits per heavy atom. The van der Waals surface area contributed by atoms with Gasteiger partial charge in [0.2, 0.25) is 0 Å². The lowest BCUT2D eigenvalue weighted by molar-refractivity contribution is -0.115. The maximum Gasteiger partial charge on any atom is 0.138 e. The summed E-state index contributed by atoms with van der Waals surface area (Å²) in [4.78, 5) is 2.02. The molecule has 0 aromatic rings. The molecule has 84 valence electrons. The van der Waals surface area contributed by atoms with Gasteiger partial charge < -0.3 is 4.90 Å². The van der Waals surface area contributed by atoms with Gasteiger partial charge in [0.05, 0.1) is 5.70 Å². The Morgan fingerprint density at radius 1 is 1.40 bits per heavy atom. The molecule has 0 N–H and O–H groups in total. The van der Waals surface area contributed by atoms with E-state index in [1.54, 1.807) is 0 Å². The first-order valence-corrected chi connectivity index (χ1v) is 5.75. The lowest BCUT2D eigenvalue weighted by atomic mass is 9.52. The van der Waals surface area contributed by atoms with Crippen LogP contribution in [0.25, 0.3) is 0 Å². The summed E-state index contributed by atoms with van der Waals surface area (Å²) < 4.78 is 12.9. The summed E-state index contributed by atoms with van der Waals surface area (Å²) in [5.41, 5.74) is 0.960.